The summed E-state index contributed by atoms with van der Waals surface area (Å²) in [6.45, 7) is 6.11. The fourth-order valence-electron chi connectivity index (χ4n) is 2.83. The van der Waals surface area contributed by atoms with Crippen LogP contribution in [0.5, 0.6) is 0 Å². The molecule has 0 aromatic carbocycles. The van der Waals surface area contributed by atoms with Gasteiger partial charge in [-0.05, 0) is 26.8 Å². The molecule has 130 valence electrons. The smallest absolute Gasteiger partial charge is 0.323 e. The van der Waals surface area contributed by atoms with Crippen molar-refractivity contribution in [1.82, 2.24) is 20.2 Å². The van der Waals surface area contributed by atoms with E-state index in [9.17, 15) is 14.4 Å². The van der Waals surface area contributed by atoms with E-state index in [1.165, 1.54) is 4.90 Å². The molecule has 2 amide bonds. The number of ether oxygens (including phenoxy) is 1. The third-order valence-corrected chi connectivity index (χ3v) is 4.36. The molecule has 23 heavy (non-hydrogen) atoms. The van der Waals surface area contributed by atoms with Crippen molar-refractivity contribution in [1.29, 1.82) is 0 Å². The van der Waals surface area contributed by atoms with Crippen molar-refractivity contribution in [2.24, 2.45) is 5.92 Å². The number of likely N-dealkylation sites (tertiary alicyclic amines) is 1. The van der Waals surface area contributed by atoms with Gasteiger partial charge in [-0.1, -0.05) is 0 Å². The molecule has 0 atom stereocenters. The van der Waals surface area contributed by atoms with Crippen LogP contribution in [0.3, 0.4) is 0 Å². The van der Waals surface area contributed by atoms with Crippen molar-refractivity contribution in [3.05, 3.63) is 0 Å². The molecular formula is C15H26N4O4. The van der Waals surface area contributed by atoms with Gasteiger partial charge >= 0.3 is 17.8 Å². The molecule has 2 saturated heterocycles. The second-order valence-corrected chi connectivity index (χ2v) is 6.05. The van der Waals surface area contributed by atoms with Gasteiger partial charge in [0.25, 0.3) is 0 Å². The lowest BCUT2D eigenvalue weighted by atomic mass is 9.97. The zero-order valence-corrected chi connectivity index (χ0v) is 13.9. The lowest BCUT2D eigenvalue weighted by Gasteiger charge is -2.34. The third kappa shape index (κ3) is 4.90. The summed E-state index contributed by atoms with van der Waals surface area (Å²) in [5.74, 6) is -1.49. The molecule has 0 aromatic rings. The van der Waals surface area contributed by atoms with Crippen LogP contribution in [0.2, 0.25) is 0 Å². The minimum atomic E-state index is -0.593. The molecule has 8 nitrogen and oxygen atoms in total. The van der Waals surface area contributed by atoms with E-state index >= 15 is 0 Å². The number of amides is 2. The molecule has 0 bridgehead atoms. The number of likely N-dealkylation sites (N-methyl/N-ethyl adjacent to an activating group) is 1. The van der Waals surface area contributed by atoms with Crippen molar-refractivity contribution in [3.63, 3.8) is 0 Å². The van der Waals surface area contributed by atoms with E-state index in [0.717, 1.165) is 13.1 Å². The van der Waals surface area contributed by atoms with Crippen LogP contribution < -0.4 is 5.43 Å². The Morgan fingerprint density at radius 3 is 2.22 bits per heavy atom. The van der Waals surface area contributed by atoms with Gasteiger partial charge < -0.3 is 14.5 Å². The number of carbonyl (C=O) groups is 3. The highest BCUT2D eigenvalue weighted by molar-refractivity contribution is 6.34. The number of hydrogen-bond donors (Lipinski definition) is 1. The topological polar surface area (TPSA) is 82.2 Å². The van der Waals surface area contributed by atoms with Crippen LogP contribution in [-0.4, -0.2) is 85.5 Å². The maximum absolute atomic E-state index is 12.2. The Kier molecular flexibility index (Phi) is 6.35. The number of piperidine rings is 1. The van der Waals surface area contributed by atoms with Gasteiger partial charge in [-0.2, -0.15) is 0 Å². The number of carbonyl (C=O) groups excluding carboxylic acids is 3. The number of hydrazine groups is 1. The van der Waals surface area contributed by atoms with Crippen LogP contribution in [0.1, 0.15) is 19.8 Å². The minimum absolute atomic E-state index is 0.167. The Hall–Kier alpha value is -1.67. The van der Waals surface area contributed by atoms with E-state index in [1.807, 2.05) is 7.05 Å². The van der Waals surface area contributed by atoms with E-state index in [2.05, 4.69) is 10.3 Å². The quantitative estimate of drug-likeness (QED) is 0.533. The monoisotopic (exact) mass is 326 g/mol. The first-order valence-corrected chi connectivity index (χ1v) is 8.21. The Morgan fingerprint density at radius 2 is 1.65 bits per heavy atom. The first-order chi connectivity index (χ1) is 11.0. The summed E-state index contributed by atoms with van der Waals surface area (Å²) >= 11 is 0. The van der Waals surface area contributed by atoms with Crippen LogP contribution in [-0.2, 0) is 19.1 Å². The van der Waals surface area contributed by atoms with Gasteiger partial charge in [0.05, 0.1) is 12.5 Å². The van der Waals surface area contributed by atoms with Gasteiger partial charge in [0.1, 0.15) is 0 Å². The Balaban J connectivity index is 1.75. The van der Waals surface area contributed by atoms with E-state index in [0.29, 0.717) is 45.6 Å². The van der Waals surface area contributed by atoms with E-state index in [-0.39, 0.29) is 11.9 Å². The van der Waals surface area contributed by atoms with Crippen LogP contribution in [0.25, 0.3) is 0 Å². The average molecular weight is 326 g/mol. The zero-order valence-electron chi connectivity index (χ0n) is 13.9. The van der Waals surface area contributed by atoms with Gasteiger partial charge in [-0.15, -0.1) is 0 Å². The summed E-state index contributed by atoms with van der Waals surface area (Å²) in [4.78, 5) is 39.6. The summed E-state index contributed by atoms with van der Waals surface area (Å²) < 4.78 is 5.00. The largest absolute Gasteiger partial charge is 0.466 e. The fraction of sp³-hybridized carbons (Fsp3) is 0.800. The lowest BCUT2D eigenvalue weighted by molar-refractivity contribution is -0.153. The molecule has 8 heteroatoms. The summed E-state index contributed by atoms with van der Waals surface area (Å²) in [5, 5.41) is 1.78. The van der Waals surface area contributed by atoms with Crippen molar-refractivity contribution in [2.45, 2.75) is 19.8 Å². The highest BCUT2D eigenvalue weighted by Gasteiger charge is 2.31. The molecule has 0 saturated carbocycles. The molecule has 2 fully saturated rings. The maximum Gasteiger partial charge on any atom is 0.323 e. The summed E-state index contributed by atoms with van der Waals surface area (Å²) in [6, 6.07) is 0. The van der Waals surface area contributed by atoms with Gasteiger partial charge in [0.2, 0.25) is 0 Å². The van der Waals surface area contributed by atoms with Crippen molar-refractivity contribution < 1.29 is 19.1 Å². The standard InChI is InChI=1S/C15H26N4O4/c1-3-23-15(22)12-4-6-18(7-5-12)14(21)13(20)16-19-10-8-17(2)9-11-19/h12H,3-11H2,1-2H3,(H,16,20). The molecule has 2 rings (SSSR count). The Bertz CT molecular complexity index is 441. The predicted octanol–water partition coefficient (Wildman–Crippen LogP) is -0.933. The number of nitrogens with one attached hydrogen (secondary N) is 1. The normalized spacial score (nSPS) is 21.0. The van der Waals surface area contributed by atoms with Crippen LogP contribution in [0.15, 0.2) is 0 Å². The molecule has 0 spiro atoms. The first kappa shape index (κ1) is 17.7. The van der Waals surface area contributed by atoms with Crippen LogP contribution >= 0.6 is 0 Å². The molecule has 0 aliphatic carbocycles. The zero-order chi connectivity index (χ0) is 16.8. The Labute approximate surface area is 136 Å². The molecule has 2 heterocycles. The van der Waals surface area contributed by atoms with Gasteiger partial charge in [0.15, 0.2) is 0 Å². The van der Waals surface area contributed by atoms with Crippen LogP contribution in [0, 0.1) is 5.92 Å². The Morgan fingerprint density at radius 1 is 1.04 bits per heavy atom. The molecule has 0 aromatic heterocycles. The second-order valence-electron chi connectivity index (χ2n) is 6.05. The number of esters is 1. The summed E-state index contributed by atoms with van der Waals surface area (Å²) in [5.41, 5.74) is 2.68. The predicted molar refractivity (Wildman–Crippen MR) is 83.1 cm³/mol. The van der Waals surface area contributed by atoms with E-state index < -0.39 is 11.8 Å². The molecule has 1 N–H and O–H groups in total. The summed E-state index contributed by atoms with van der Waals surface area (Å²) in [6.07, 6.45) is 1.10. The van der Waals surface area contributed by atoms with Gasteiger partial charge in [-0.25, -0.2) is 5.01 Å². The highest BCUT2D eigenvalue weighted by atomic mass is 16.5. The van der Waals surface area contributed by atoms with Gasteiger partial charge in [-0.3, -0.25) is 19.8 Å². The molecule has 2 aliphatic heterocycles. The van der Waals surface area contributed by atoms with Crippen molar-refractivity contribution in [2.75, 3.05) is 52.9 Å². The molecule has 2 aliphatic rings. The number of nitrogens with zero attached hydrogens (tertiary/aromatic N) is 3. The van der Waals surface area contributed by atoms with E-state index in [4.69, 9.17) is 4.74 Å². The number of rotatable bonds is 3. The maximum atomic E-state index is 12.2. The molecular weight excluding hydrogens is 300 g/mol. The van der Waals surface area contributed by atoms with Gasteiger partial charge in [0, 0.05) is 39.3 Å². The minimum Gasteiger partial charge on any atom is -0.466 e. The fourth-order valence-corrected chi connectivity index (χ4v) is 2.83. The average Bonchev–Trinajstić information content (AvgIpc) is 2.56. The van der Waals surface area contributed by atoms with Crippen LogP contribution in [0.4, 0.5) is 0 Å². The van der Waals surface area contributed by atoms with E-state index in [1.54, 1.807) is 11.9 Å². The first-order valence-electron chi connectivity index (χ1n) is 8.21. The second kappa shape index (κ2) is 8.26. The van der Waals surface area contributed by atoms with Crippen molar-refractivity contribution in [3.8, 4) is 0 Å². The lowest BCUT2D eigenvalue weighted by Crippen LogP contribution is -2.56. The number of piperazine rings is 1. The SMILES string of the molecule is CCOC(=O)C1CCN(C(=O)C(=O)NN2CCN(C)CC2)CC1. The summed E-state index contributed by atoms with van der Waals surface area (Å²) in [7, 11) is 2.03. The molecule has 0 unspecified atom stereocenters. The van der Waals surface area contributed by atoms with Crippen molar-refractivity contribution >= 4 is 17.8 Å². The highest BCUT2D eigenvalue weighted by Crippen LogP contribution is 2.18. The molecule has 0 radical (unpaired) electrons. The third-order valence-electron chi connectivity index (χ3n) is 4.36. The number of hydrogen-bond acceptors (Lipinski definition) is 6.